The normalized spacial score (nSPS) is 11.3. The standard InChI is InChI=1S/C34H32F4O/c1-3-4-5-6-7-22-39-30-21-20-29(33(37)34(30)38)26-15-10-24(11-16-26)12-17-27-18-19-28(32(36)31(27)35)25-13-8-23(2)9-14-25/h8-21H,3-7,22H2,1-2H3/b17-12+. The molecule has 0 atom stereocenters. The van der Waals surface area contributed by atoms with Crippen molar-refractivity contribution in [2.24, 2.45) is 0 Å². The Morgan fingerprint density at radius 2 is 1.18 bits per heavy atom. The molecule has 39 heavy (non-hydrogen) atoms. The fraction of sp³-hybridized carbons (Fsp3) is 0.235. The highest BCUT2D eigenvalue weighted by molar-refractivity contribution is 5.74. The zero-order valence-electron chi connectivity index (χ0n) is 22.2. The fourth-order valence-corrected chi connectivity index (χ4v) is 4.36. The molecule has 0 heterocycles. The van der Waals surface area contributed by atoms with E-state index in [2.05, 4.69) is 6.92 Å². The van der Waals surface area contributed by atoms with E-state index in [1.807, 2.05) is 19.1 Å². The lowest BCUT2D eigenvalue weighted by Crippen LogP contribution is -2.01. The third-order valence-corrected chi connectivity index (χ3v) is 6.70. The molecule has 0 saturated heterocycles. The van der Waals surface area contributed by atoms with Crippen molar-refractivity contribution in [1.82, 2.24) is 0 Å². The van der Waals surface area contributed by atoms with Crippen LogP contribution < -0.4 is 4.74 Å². The lowest BCUT2D eigenvalue weighted by atomic mass is 10.0. The molecule has 4 rings (SSSR count). The Kier molecular flexibility index (Phi) is 9.59. The van der Waals surface area contributed by atoms with Crippen LogP contribution in [0.5, 0.6) is 5.75 Å². The zero-order chi connectivity index (χ0) is 27.8. The highest BCUT2D eigenvalue weighted by Crippen LogP contribution is 2.31. The van der Waals surface area contributed by atoms with Gasteiger partial charge in [-0.05, 0) is 42.2 Å². The van der Waals surface area contributed by atoms with Crippen LogP contribution in [0.15, 0.2) is 72.8 Å². The molecule has 0 aromatic heterocycles. The second-order valence-corrected chi connectivity index (χ2v) is 9.65. The summed E-state index contributed by atoms with van der Waals surface area (Å²) in [7, 11) is 0. The fourth-order valence-electron chi connectivity index (χ4n) is 4.36. The first-order chi connectivity index (χ1) is 18.9. The summed E-state index contributed by atoms with van der Waals surface area (Å²) in [6.07, 6.45) is 8.32. The minimum atomic E-state index is -1.00. The molecule has 0 spiro atoms. The van der Waals surface area contributed by atoms with Gasteiger partial charge in [0.25, 0.3) is 0 Å². The third-order valence-electron chi connectivity index (χ3n) is 6.70. The maximum absolute atomic E-state index is 14.8. The first-order valence-corrected chi connectivity index (χ1v) is 13.3. The van der Waals surface area contributed by atoms with Gasteiger partial charge in [-0.2, -0.15) is 4.39 Å². The first-order valence-electron chi connectivity index (χ1n) is 13.3. The maximum Gasteiger partial charge on any atom is 0.201 e. The Balaban J connectivity index is 1.44. The molecule has 0 saturated carbocycles. The van der Waals surface area contributed by atoms with Gasteiger partial charge < -0.3 is 4.74 Å². The molecule has 0 aliphatic carbocycles. The van der Waals surface area contributed by atoms with Crippen LogP contribution in [0.3, 0.4) is 0 Å². The summed E-state index contributed by atoms with van der Waals surface area (Å²) in [5.41, 5.74) is 3.27. The molecule has 4 aromatic rings. The van der Waals surface area contributed by atoms with Crippen LogP contribution >= 0.6 is 0 Å². The van der Waals surface area contributed by atoms with E-state index < -0.39 is 23.3 Å². The SMILES string of the molecule is CCCCCCCOc1ccc(-c2ccc(/C=C/c3ccc(-c4ccc(C)cc4)c(F)c3F)cc2)c(F)c1F. The van der Waals surface area contributed by atoms with Crippen LogP contribution in [-0.2, 0) is 0 Å². The van der Waals surface area contributed by atoms with Crippen LogP contribution in [0.25, 0.3) is 34.4 Å². The summed E-state index contributed by atoms with van der Waals surface area (Å²) in [5.74, 6) is -3.89. The van der Waals surface area contributed by atoms with Gasteiger partial charge in [-0.15, -0.1) is 0 Å². The molecule has 0 aliphatic rings. The maximum atomic E-state index is 14.8. The predicted octanol–water partition coefficient (Wildman–Crippen LogP) is 10.4. The molecule has 1 nitrogen and oxygen atoms in total. The largest absolute Gasteiger partial charge is 0.490 e. The van der Waals surface area contributed by atoms with Crippen molar-refractivity contribution in [3.05, 3.63) is 113 Å². The van der Waals surface area contributed by atoms with Gasteiger partial charge in [0.1, 0.15) is 0 Å². The first kappa shape index (κ1) is 28.2. The number of hydrogen-bond donors (Lipinski definition) is 0. The molecule has 0 fully saturated rings. The Bertz CT molecular complexity index is 1420. The number of halogens is 4. The summed E-state index contributed by atoms with van der Waals surface area (Å²) in [5, 5.41) is 0. The van der Waals surface area contributed by atoms with Crippen molar-refractivity contribution in [1.29, 1.82) is 0 Å². The second kappa shape index (κ2) is 13.3. The van der Waals surface area contributed by atoms with Crippen molar-refractivity contribution < 1.29 is 22.3 Å². The van der Waals surface area contributed by atoms with Gasteiger partial charge in [0.2, 0.25) is 5.82 Å². The number of benzene rings is 4. The molecule has 0 unspecified atom stereocenters. The monoisotopic (exact) mass is 532 g/mol. The summed E-state index contributed by atoms with van der Waals surface area (Å²) in [6, 6.07) is 20.0. The Hall–Kier alpha value is -3.86. The molecule has 4 aromatic carbocycles. The topological polar surface area (TPSA) is 9.23 Å². The van der Waals surface area contributed by atoms with Gasteiger partial charge in [0.05, 0.1) is 6.61 Å². The zero-order valence-corrected chi connectivity index (χ0v) is 22.2. The van der Waals surface area contributed by atoms with Crippen LogP contribution in [0, 0.1) is 30.2 Å². The molecule has 0 amide bonds. The minimum absolute atomic E-state index is 0.0889. The van der Waals surface area contributed by atoms with Gasteiger partial charge in [-0.25, -0.2) is 13.2 Å². The van der Waals surface area contributed by atoms with E-state index in [9.17, 15) is 17.6 Å². The van der Waals surface area contributed by atoms with E-state index in [0.717, 1.165) is 37.7 Å². The van der Waals surface area contributed by atoms with Crippen LogP contribution in [0.4, 0.5) is 17.6 Å². The van der Waals surface area contributed by atoms with E-state index in [0.29, 0.717) is 23.3 Å². The average molecular weight is 533 g/mol. The molecule has 0 aliphatic heterocycles. The van der Waals surface area contributed by atoms with E-state index in [4.69, 9.17) is 4.74 Å². The van der Waals surface area contributed by atoms with E-state index in [-0.39, 0.29) is 22.4 Å². The van der Waals surface area contributed by atoms with Crippen molar-refractivity contribution in [2.45, 2.75) is 46.0 Å². The van der Waals surface area contributed by atoms with E-state index >= 15 is 0 Å². The van der Waals surface area contributed by atoms with Crippen LogP contribution in [0.1, 0.15) is 55.7 Å². The summed E-state index contributed by atoms with van der Waals surface area (Å²) in [4.78, 5) is 0. The molecule has 0 N–H and O–H groups in total. The van der Waals surface area contributed by atoms with Gasteiger partial charge in [0, 0.05) is 16.7 Å². The lowest BCUT2D eigenvalue weighted by Gasteiger charge is -2.11. The second-order valence-electron chi connectivity index (χ2n) is 9.65. The molecule has 0 bridgehead atoms. The van der Waals surface area contributed by atoms with Gasteiger partial charge in [-0.1, -0.05) is 111 Å². The number of hydrogen-bond acceptors (Lipinski definition) is 1. The smallest absolute Gasteiger partial charge is 0.201 e. The molecular formula is C34H32F4O. The Labute approximate surface area is 227 Å². The van der Waals surface area contributed by atoms with Crippen molar-refractivity contribution >= 4 is 12.2 Å². The molecular weight excluding hydrogens is 500 g/mol. The lowest BCUT2D eigenvalue weighted by molar-refractivity contribution is 0.285. The van der Waals surface area contributed by atoms with E-state index in [1.165, 1.54) is 24.3 Å². The predicted molar refractivity (Wildman–Crippen MR) is 152 cm³/mol. The minimum Gasteiger partial charge on any atom is -0.490 e. The molecule has 202 valence electrons. The number of rotatable bonds is 11. The molecule has 5 heteroatoms. The highest BCUT2D eigenvalue weighted by Gasteiger charge is 2.16. The Morgan fingerprint density at radius 1 is 0.590 bits per heavy atom. The summed E-state index contributed by atoms with van der Waals surface area (Å²) >= 11 is 0. The summed E-state index contributed by atoms with van der Waals surface area (Å²) in [6.45, 7) is 4.41. The van der Waals surface area contributed by atoms with Gasteiger partial charge in [-0.3, -0.25) is 0 Å². The average Bonchev–Trinajstić information content (AvgIpc) is 2.95. The highest BCUT2D eigenvalue weighted by atomic mass is 19.2. The molecule has 0 radical (unpaired) electrons. The van der Waals surface area contributed by atoms with Crippen LogP contribution in [-0.4, -0.2) is 6.61 Å². The van der Waals surface area contributed by atoms with Gasteiger partial charge in [0.15, 0.2) is 23.2 Å². The van der Waals surface area contributed by atoms with Crippen molar-refractivity contribution in [3.8, 4) is 28.0 Å². The number of ether oxygens (including phenoxy) is 1. The van der Waals surface area contributed by atoms with Gasteiger partial charge >= 0.3 is 0 Å². The Morgan fingerprint density at radius 3 is 1.85 bits per heavy atom. The van der Waals surface area contributed by atoms with Crippen LogP contribution in [0.2, 0.25) is 0 Å². The van der Waals surface area contributed by atoms with E-state index in [1.54, 1.807) is 48.5 Å². The van der Waals surface area contributed by atoms with Crippen molar-refractivity contribution in [2.75, 3.05) is 6.61 Å². The number of aryl methyl sites for hydroxylation is 1. The van der Waals surface area contributed by atoms with Crippen molar-refractivity contribution in [3.63, 3.8) is 0 Å². The number of unbranched alkanes of at least 4 members (excludes halogenated alkanes) is 4. The third kappa shape index (κ3) is 6.97. The summed E-state index contributed by atoms with van der Waals surface area (Å²) < 4.78 is 64.4. The quantitative estimate of drug-likeness (QED) is 0.106.